The van der Waals surface area contributed by atoms with E-state index >= 15 is 0 Å². The van der Waals surface area contributed by atoms with Gasteiger partial charge in [0.2, 0.25) is 0 Å². The van der Waals surface area contributed by atoms with Crippen molar-refractivity contribution in [3.05, 3.63) is 12.2 Å². The molecule has 8 nitrogen and oxygen atoms in total. The van der Waals surface area contributed by atoms with Gasteiger partial charge in [-0.15, -0.1) is 0 Å². The van der Waals surface area contributed by atoms with Gasteiger partial charge in [0, 0.05) is 13.0 Å². The highest BCUT2D eigenvalue weighted by Crippen LogP contribution is 2.38. The molecule has 0 amide bonds. The van der Waals surface area contributed by atoms with Crippen molar-refractivity contribution in [2.75, 3.05) is 54.1 Å². The number of unbranched alkanes of at least 4 members (excludes halogenated alkanes) is 19. The van der Waals surface area contributed by atoms with Crippen LogP contribution in [0.1, 0.15) is 162 Å². The van der Waals surface area contributed by atoms with Gasteiger partial charge in [-0.05, 0) is 32.1 Å². The summed E-state index contributed by atoms with van der Waals surface area (Å²) in [5.41, 5.74) is 0. The summed E-state index contributed by atoms with van der Waals surface area (Å²) in [5, 5.41) is 0. The highest BCUT2D eigenvalue weighted by atomic mass is 31.2. The van der Waals surface area contributed by atoms with Crippen LogP contribution in [-0.4, -0.2) is 70.7 Å². The Bertz CT molecular complexity index is 756. The number of esters is 1. The van der Waals surface area contributed by atoms with Gasteiger partial charge in [-0.2, -0.15) is 0 Å². The maximum Gasteiger partial charge on any atom is 0.306 e. The number of allylic oxidation sites excluding steroid dienone is 2. The number of hydrogen-bond acceptors (Lipinski definition) is 7. The second kappa shape index (κ2) is 31.5. The minimum atomic E-state index is -4.51. The molecule has 0 spiro atoms. The molecule has 46 heavy (non-hydrogen) atoms. The smallest absolute Gasteiger partial charge is 0.306 e. The van der Waals surface area contributed by atoms with Gasteiger partial charge in [0.15, 0.2) is 0 Å². The molecule has 0 aliphatic rings. The van der Waals surface area contributed by atoms with E-state index in [0.29, 0.717) is 24.1 Å². The van der Waals surface area contributed by atoms with Crippen LogP contribution in [0, 0.1) is 0 Å². The molecule has 9 heteroatoms. The quantitative estimate of drug-likeness (QED) is 0.0217. The van der Waals surface area contributed by atoms with Crippen molar-refractivity contribution in [3.63, 3.8) is 0 Å². The summed E-state index contributed by atoms with van der Waals surface area (Å²) in [6, 6.07) is 0. The number of nitrogens with zero attached hydrogens (tertiary/aromatic N) is 1. The minimum Gasteiger partial charge on any atom is -0.756 e. The molecule has 0 heterocycles. The van der Waals surface area contributed by atoms with Gasteiger partial charge in [0.25, 0.3) is 7.82 Å². The molecule has 0 aliphatic heterocycles. The summed E-state index contributed by atoms with van der Waals surface area (Å²) < 4.78 is 34.4. The topological polar surface area (TPSA) is 94.1 Å². The van der Waals surface area contributed by atoms with Gasteiger partial charge >= 0.3 is 5.97 Å². The molecule has 0 fully saturated rings. The van der Waals surface area contributed by atoms with Crippen molar-refractivity contribution < 1.29 is 37.3 Å². The summed E-state index contributed by atoms with van der Waals surface area (Å²) >= 11 is 0. The third kappa shape index (κ3) is 34.6. The third-order valence-electron chi connectivity index (χ3n) is 8.07. The van der Waals surface area contributed by atoms with Crippen LogP contribution in [0.5, 0.6) is 0 Å². The number of rotatable bonds is 35. The lowest BCUT2D eigenvalue weighted by Gasteiger charge is -2.28. The van der Waals surface area contributed by atoms with Crippen molar-refractivity contribution >= 4 is 13.8 Å². The van der Waals surface area contributed by atoms with Crippen LogP contribution in [-0.2, 0) is 27.9 Å². The largest absolute Gasteiger partial charge is 0.756 e. The van der Waals surface area contributed by atoms with Gasteiger partial charge in [-0.1, -0.05) is 135 Å². The van der Waals surface area contributed by atoms with Crippen molar-refractivity contribution in [3.8, 4) is 0 Å². The highest BCUT2D eigenvalue weighted by Gasteiger charge is 2.20. The van der Waals surface area contributed by atoms with Gasteiger partial charge < -0.3 is 27.9 Å². The molecule has 2 atom stereocenters. The number of carbonyl (C=O) groups excluding carboxylic acids is 1. The zero-order chi connectivity index (χ0) is 34.2. The Hall–Kier alpha value is -0.760. The molecule has 0 aromatic rings. The lowest BCUT2D eigenvalue weighted by Crippen LogP contribution is -2.37. The van der Waals surface area contributed by atoms with E-state index in [9.17, 15) is 14.3 Å². The number of phosphoric ester groups is 1. The van der Waals surface area contributed by atoms with Crippen molar-refractivity contribution in [2.45, 2.75) is 168 Å². The molecular formula is C37H74NO7P. The van der Waals surface area contributed by atoms with E-state index in [1.54, 1.807) is 0 Å². The van der Waals surface area contributed by atoms with Crippen molar-refractivity contribution in [2.24, 2.45) is 0 Å². The zero-order valence-corrected chi connectivity index (χ0v) is 31.7. The minimum absolute atomic E-state index is 0.0272. The lowest BCUT2D eigenvalue weighted by molar-refractivity contribution is -0.870. The third-order valence-corrected chi connectivity index (χ3v) is 9.03. The first-order chi connectivity index (χ1) is 22.1. The number of phosphoric acid groups is 1. The number of quaternary nitrogens is 1. The van der Waals surface area contributed by atoms with Crippen LogP contribution in [0.4, 0.5) is 0 Å². The van der Waals surface area contributed by atoms with Gasteiger partial charge in [0.05, 0.1) is 34.4 Å². The molecule has 274 valence electrons. The van der Waals surface area contributed by atoms with E-state index in [4.69, 9.17) is 18.5 Å². The first kappa shape index (κ1) is 45.2. The van der Waals surface area contributed by atoms with Crippen molar-refractivity contribution in [1.29, 1.82) is 0 Å². The SMILES string of the molecule is CCCC/C=C\CCCCCCCC(=O)OC(COCCCCCCCCCCCCCCC)COP(=O)([O-])OCC[N+](C)(C)C. The fourth-order valence-corrected chi connectivity index (χ4v) is 5.78. The monoisotopic (exact) mass is 676 g/mol. The maximum absolute atomic E-state index is 12.6. The summed E-state index contributed by atoms with van der Waals surface area (Å²) in [5.74, 6) is -0.344. The van der Waals surface area contributed by atoms with Crippen molar-refractivity contribution in [1.82, 2.24) is 0 Å². The predicted molar refractivity (Wildman–Crippen MR) is 190 cm³/mol. The molecular weight excluding hydrogens is 601 g/mol. The molecule has 0 saturated heterocycles. The van der Waals surface area contributed by atoms with Gasteiger partial charge in [-0.3, -0.25) is 9.36 Å². The average molecular weight is 676 g/mol. The Kier molecular flexibility index (Phi) is 31.0. The Balaban J connectivity index is 4.30. The normalized spacial score (nSPS) is 14.1. The fraction of sp³-hybridized carbons (Fsp3) is 0.919. The summed E-state index contributed by atoms with van der Waals surface area (Å²) in [7, 11) is 1.36. The first-order valence-corrected chi connectivity index (χ1v) is 20.4. The Morgan fingerprint density at radius 3 is 1.72 bits per heavy atom. The highest BCUT2D eigenvalue weighted by molar-refractivity contribution is 7.45. The molecule has 2 unspecified atom stereocenters. The van der Waals surface area contributed by atoms with E-state index in [0.717, 1.165) is 44.9 Å². The van der Waals surface area contributed by atoms with Gasteiger partial charge in [-0.25, -0.2) is 0 Å². The molecule has 0 aromatic carbocycles. The Morgan fingerprint density at radius 2 is 1.15 bits per heavy atom. The average Bonchev–Trinajstić information content (AvgIpc) is 2.99. The number of ether oxygens (including phenoxy) is 2. The Labute approximate surface area is 284 Å². The first-order valence-electron chi connectivity index (χ1n) is 18.9. The predicted octanol–water partition coefficient (Wildman–Crippen LogP) is 9.69. The molecule has 0 radical (unpaired) electrons. The molecule has 0 rings (SSSR count). The van der Waals surface area contributed by atoms with Gasteiger partial charge in [0.1, 0.15) is 19.3 Å². The van der Waals surface area contributed by atoms with E-state index in [-0.39, 0.29) is 25.8 Å². The molecule has 0 saturated carbocycles. The van der Waals surface area contributed by atoms with Crippen LogP contribution in [0.25, 0.3) is 0 Å². The standard InChI is InChI=1S/C37H74NO7P/c1-6-8-10-12-14-16-18-19-21-23-25-27-29-32-42-34-36(35-44-46(40,41)43-33-31-38(3,4)5)45-37(39)30-28-26-24-22-20-17-15-13-11-9-7-2/h13,15,36H,6-12,14,16-35H2,1-5H3/b15-13-. The van der Waals surface area contributed by atoms with E-state index < -0.39 is 13.9 Å². The van der Waals surface area contributed by atoms with Crippen LogP contribution in [0.3, 0.4) is 0 Å². The zero-order valence-electron chi connectivity index (χ0n) is 30.8. The number of likely N-dealkylation sites (N-methyl/N-ethyl adjacent to an activating group) is 1. The molecule has 0 bridgehead atoms. The maximum atomic E-state index is 12.6. The van der Waals surface area contributed by atoms with Crippen LogP contribution in [0.2, 0.25) is 0 Å². The Morgan fingerprint density at radius 1 is 0.652 bits per heavy atom. The van der Waals surface area contributed by atoms with E-state index in [1.807, 2.05) is 21.1 Å². The second-order valence-corrected chi connectivity index (χ2v) is 15.4. The van der Waals surface area contributed by atoms with E-state index in [2.05, 4.69) is 26.0 Å². The summed E-state index contributed by atoms with van der Waals surface area (Å²) in [6.07, 6.45) is 30.7. The molecule has 0 N–H and O–H groups in total. The second-order valence-electron chi connectivity index (χ2n) is 13.9. The molecule has 0 aliphatic carbocycles. The summed E-state index contributed by atoms with van der Waals surface area (Å²) in [6.45, 7) is 5.37. The van der Waals surface area contributed by atoms with Crippen LogP contribution in [0.15, 0.2) is 12.2 Å². The van der Waals surface area contributed by atoms with Crippen LogP contribution >= 0.6 is 7.82 Å². The molecule has 0 aromatic heterocycles. The number of hydrogen-bond donors (Lipinski definition) is 0. The lowest BCUT2D eigenvalue weighted by atomic mass is 10.0. The number of carbonyl (C=O) groups is 1. The van der Waals surface area contributed by atoms with E-state index in [1.165, 1.54) is 96.3 Å². The summed E-state index contributed by atoms with van der Waals surface area (Å²) in [4.78, 5) is 24.9. The fourth-order valence-electron chi connectivity index (χ4n) is 5.06. The van der Waals surface area contributed by atoms with Crippen LogP contribution < -0.4 is 4.89 Å².